The Bertz CT molecular complexity index is 693. The summed E-state index contributed by atoms with van der Waals surface area (Å²) in [5.74, 6) is 1.91. The molecule has 0 aliphatic carbocycles. The average Bonchev–Trinajstić information content (AvgIpc) is 3.05. The van der Waals surface area contributed by atoms with Crippen LogP contribution in [0.25, 0.3) is 0 Å². The van der Waals surface area contributed by atoms with E-state index in [1.165, 1.54) is 0 Å². The molecular formula is C17H22N4O3. The molecular weight excluding hydrogens is 308 g/mol. The van der Waals surface area contributed by atoms with Gasteiger partial charge in [0.15, 0.2) is 0 Å². The van der Waals surface area contributed by atoms with Gasteiger partial charge in [-0.25, -0.2) is 0 Å². The van der Waals surface area contributed by atoms with Gasteiger partial charge in [0.25, 0.3) is 5.91 Å². The Morgan fingerprint density at radius 1 is 1.21 bits per heavy atom. The molecule has 1 amide bonds. The van der Waals surface area contributed by atoms with Crippen molar-refractivity contribution in [3.05, 3.63) is 41.6 Å². The van der Waals surface area contributed by atoms with E-state index in [1.807, 2.05) is 29.2 Å². The van der Waals surface area contributed by atoms with Crippen molar-refractivity contribution in [1.29, 1.82) is 0 Å². The van der Waals surface area contributed by atoms with Gasteiger partial charge in [-0.2, -0.15) is 0 Å². The highest BCUT2D eigenvalue weighted by Gasteiger charge is 2.24. The quantitative estimate of drug-likeness (QED) is 0.825. The Kier molecular flexibility index (Phi) is 5.10. The van der Waals surface area contributed by atoms with Crippen LogP contribution in [0.3, 0.4) is 0 Å². The van der Waals surface area contributed by atoms with Gasteiger partial charge in [0.05, 0.1) is 12.7 Å². The van der Waals surface area contributed by atoms with Crippen LogP contribution in [-0.4, -0.2) is 65.7 Å². The van der Waals surface area contributed by atoms with Crippen molar-refractivity contribution >= 4 is 5.91 Å². The van der Waals surface area contributed by atoms with Crippen LogP contribution in [-0.2, 0) is 6.42 Å². The Balaban J connectivity index is 1.52. The van der Waals surface area contributed by atoms with Gasteiger partial charge in [0.1, 0.15) is 5.75 Å². The van der Waals surface area contributed by atoms with Crippen LogP contribution in [0.4, 0.5) is 0 Å². The Labute approximate surface area is 141 Å². The molecule has 0 radical (unpaired) electrons. The summed E-state index contributed by atoms with van der Waals surface area (Å²) in [6, 6.07) is 7.35. The standard InChI is InChI=1S/C17H22N4O3/c1-13-18-19-16(24-13)7-8-20-9-11-21(12-10-20)17(22)14-5-3-4-6-15(14)23-2/h3-6H,7-12H2,1-2H3. The molecule has 3 rings (SSSR count). The highest BCUT2D eigenvalue weighted by Crippen LogP contribution is 2.20. The topological polar surface area (TPSA) is 71.7 Å². The normalized spacial score (nSPS) is 15.5. The minimum atomic E-state index is 0.0274. The minimum Gasteiger partial charge on any atom is -0.496 e. The maximum absolute atomic E-state index is 12.7. The summed E-state index contributed by atoms with van der Waals surface area (Å²) in [5.41, 5.74) is 0.620. The van der Waals surface area contributed by atoms with Gasteiger partial charge in [-0.15, -0.1) is 10.2 Å². The molecule has 2 aromatic rings. The monoisotopic (exact) mass is 330 g/mol. The maximum atomic E-state index is 12.7. The van der Waals surface area contributed by atoms with Gasteiger partial charge in [-0.3, -0.25) is 9.69 Å². The molecule has 2 heterocycles. The number of carbonyl (C=O) groups is 1. The molecule has 1 fully saturated rings. The molecule has 1 saturated heterocycles. The van der Waals surface area contributed by atoms with E-state index in [-0.39, 0.29) is 5.91 Å². The smallest absolute Gasteiger partial charge is 0.257 e. The van der Waals surface area contributed by atoms with Crippen molar-refractivity contribution in [2.24, 2.45) is 0 Å². The van der Waals surface area contributed by atoms with E-state index < -0.39 is 0 Å². The fourth-order valence-corrected chi connectivity index (χ4v) is 2.86. The molecule has 0 saturated carbocycles. The van der Waals surface area contributed by atoms with Crippen LogP contribution in [0.15, 0.2) is 28.7 Å². The molecule has 0 bridgehead atoms. The maximum Gasteiger partial charge on any atom is 0.257 e. The first-order valence-corrected chi connectivity index (χ1v) is 8.11. The van der Waals surface area contributed by atoms with Gasteiger partial charge in [-0.1, -0.05) is 12.1 Å². The third kappa shape index (κ3) is 3.73. The van der Waals surface area contributed by atoms with E-state index in [0.717, 1.165) is 26.1 Å². The van der Waals surface area contributed by atoms with Gasteiger partial charge < -0.3 is 14.1 Å². The summed E-state index contributed by atoms with van der Waals surface area (Å²) in [7, 11) is 1.59. The summed E-state index contributed by atoms with van der Waals surface area (Å²) in [5, 5.41) is 7.85. The van der Waals surface area contributed by atoms with Crippen LogP contribution in [0, 0.1) is 6.92 Å². The number of nitrogens with zero attached hydrogens (tertiary/aromatic N) is 4. The second-order valence-electron chi connectivity index (χ2n) is 5.80. The lowest BCUT2D eigenvalue weighted by Crippen LogP contribution is -2.49. The highest BCUT2D eigenvalue weighted by molar-refractivity contribution is 5.97. The lowest BCUT2D eigenvalue weighted by Gasteiger charge is -2.34. The van der Waals surface area contributed by atoms with Crippen LogP contribution >= 0.6 is 0 Å². The number of aromatic nitrogens is 2. The zero-order valence-corrected chi connectivity index (χ0v) is 14.1. The Hall–Kier alpha value is -2.41. The van der Waals surface area contributed by atoms with Gasteiger partial charge >= 0.3 is 0 Å². The van der Waals surface area contributed by atoms with Gasteiger partial charge in [0.2, 0.25) is 11.8 Å². The van der Waals surface area contributed by atoms with Crippen molar-refractivity contribution in [2.45, 2.75) is 13.3 Å². The highest BCUT2D eigenvalue weighted by atomic mass is 16.5. The van der Waals surface area contributed by atoms with Crippen molar-refractivity contribution in [2.75, 3.05) is 39.8 Å². The first kappa shape index (κ1) is 16.4. The van der Waals surface area contributed by atoms with E-state index in [4.69, 9.17) is 9.15 Å². The van der Waals surface area contributed by atoms with Crippen molar-refractivity contribution in [1.82, 2.24) is 20.0 Å². The molecule has 1 aromatic heterocycles. The Morgan fingerprint density at radius 3 is 2.62 bits per heavy atom. The Morgan fingerprint density at radius 2 is 1.96 bits per heavy atom. The zero-order valence-electron chi connectivity index (χ0n) is 14.1. The summed E-state index contributed by atoms with van der Waals surface area (Å²) in [4.78, 5) is 16.9. The van der Waals surface area contributed by atoms with E-state index in [1.54, 1.807) is 14.0 Å². The number of amides is 1. The van der Waals surface area contributed by atoms with Crippen LogP contribution in [0.1, 0.15) is 22.1 Å². The minimum absolute atomic E-state index is 0.0274. The molecule has 128 valence electrons. The molecule has 7 heteroatoms. The third-order valence-corrected chi connectivity index (χ3v) is 4.21. The summed E-state index contributed by atoms with van der Waals surface area (Å²) in [6.45, 7) is 5.75. The lowest BCUT2D eigenvalue weighted by molar-refractivity contribution is 0.0633. The molecule has 0 N–H and O–H groups in total. The molecule has 24 heavy (non-hydrogen) atoms. The van der Waals surface area contributed by atoms with E-state index in [2.05, 4.69) is 15.1 Å². The number of methoxy groups -OCH3 is 1. The molecule has 1 aromatic carbocycles. The van der Waals surface area contributed by atoms with Gasteiger partial charge in [-0.05, 0) is 12.1 Å². The van der Waals surface area contributed by atoms with Crippen molar-refractivity contribution in [3.8, 4) is 5.75 Å². The predicted octanol–water partition coefficient (Wildman–Crippen LogP) is 1.39. The molecule has 1 aliphatic rings. The van der Waals surface area contributed by atoms with E-state index in [0.29, 0.717) is 36.2 Å². The SMILES string of the molecule is COc1ccccc1C(=O)N1CCN(CCc2nnc(C)o2)CC1. The van der Waals surface area contributed by atoms with Crippen molar-refractivity contribution < 1.29 is 13.9 Å². The van der Waals surface area contributed by atoms with Gasteiger partial charge in [0, 0.05) is 46.1 Å². The number of hydrogen-bond acceptors (Lipinski definition) is 6. The van der Waals surface area contributed by atoms with Crippen molar-refractivity contribution in [3.63, 3.8) is 0 Å². The largest absolute Gasteiger partial charge is 0.496 e. The number of carbonyl (C=O) groups excluding carboxylic acids is 1. The number of ether oxygens (including phenoxy) is 1. The first-order valence-electron chi connectivity index (χ1n) is 8.11. The summed E-state index contributed by atoms with van der Waals surface area (Å²) < 4.78 is 10.7. The van der Waals surface area contributed by atoms with E-state index >= 15 is 0 Å². The first-order chi connectivity index (χ1) is 11.7. The lowest BCUT2D eigenvalue weighted by atomic mass is 10.1. The number of benzene rings is 1. The zero-order chi connectivity index (χ0) is 16.9. The molecule has 0 atom stereocenters. The number of aryl methyl sites for hydroxylation is 1. The number of hydrogen-bond donors (Lipinski definition) is 0. The average molecular weight is 330 g/mol. The fraction of sp³-hybridized carbons (Fsp3) is 0.471. The molecule has 0 spiro atoms. The molecule has 0 unspecified atom stereocenters. The molecule has 7 nitrogen and oxygen atoms in total. The second kappa shape index (κ2) is 7.44. The van der Waals surface area contributed by atoms with Crippen LogP contribution in [0.2, 0.25) is 0 Å². The number of piperazine rings is 1. The fourth-order valence-electron chi connectivity index (χ4n) is 2.86. The summed E-state index contributed by atoms with van der Waals surface area (Å²) in [6.07, 6.45) is 0.737. The third-order valence-electron chi connectivity index (χ3n) is 4.21. The number of rotatable bonds is 5. The predicted molar refractivity (Wildman–Crippen MR) is 88.1 cm³/mol. The van der Waals surface area contributed by atoms with Crippen LogP contribution in [0.5, 0.6) is 5.75 Å². The second-order valence-corrected chi connectivity index (χ2v) is 5.80. The van der Waals surface area contributed by atoms with Crippen LogP contribution < -0.4 is 4.74 Å². The van der Waals surface area contributed by atoms with E-state index in [9.17, 15) is 4.79 Å². The molecule has 1 aliphatic heterocycles. The summed E-state index contributed by atoms with van der Waals surface area (Å²) >= 11 is 0. The number of para-hydroxylation sites is 1.